The van der Waals surface area contributed by atoms with E-state index >= 15 is 0 Å². The van der Waals surface area contributed by atoms with Gasteiger partial charge in [-0.3, -0.25) is 4.79 Å². The van der Waals surface area contributed by atoms with E-state index in [-0.39, 0.29) is 18.1 Å². The molecule has 0 aromatic rings. The van der Waals surface area contributed by atoms with Crippen molar-refractivity contribution >= 4 is 5.91 Å². The summed E-state index contributed by atoms with van der Waals surface area (Å²) < 4.78 is 5.26. The molecule has 0 aliphatic carbocycles. The molecule has 5 nitrogen and oxygen atoms in total. The summed E-state index contributed by atoms with van der Waals surface area (Å²) >= 11 is 0. The summed E-state index contributed by atoms with van der Waals surface area (Å²) in [5, 5.41) is 15.1. The van der Waals surface area contributed by atoms with Crippen molar-refractivity contribution < 1.29 is 14.6 Å². The lowest BCUT2D eigenvalue weighted by Crippen LogP contribution is -2.44. The third-order valence-electron chi connectivity index (χ3n) is 2.55. The van der Waals surface area contributed by atoms with Crippen molar-refractivity contribution in [2.75, 3.05) is 26.3 Å². The number of rotatable bonds is 6. The van der Waals surface area contributed by atoms with Gasteiger partial charge in [0, 0.05) is 25.6 Å². The maximum absolute atomic E-state index is 11.5. The Balaban J connectivity index is 2.01. The number of nitrogens with one attached hydrogen (secondary N) is 2. The Kier molecular flexibility index (Phi) is 6.37. The van der Waals surface area contributed by atoms with Crippen molar-refractivity contribution in [1.29, 1.82) is 0 Å². The second-order valence-corrected chi connectivity index (χ2v) is 4.27. The molecule has 0 saturated carbocycles. The van der Waals surface area contributed by atoms with E-state index in [1.807, 2.05) is 0 Å². The summed E-state index contributed by atoms with van der Waals surface area (Å²) in [6.07, 6.45) is 1.72. The van der Waals surface area contributed by atoms with Gasteiger partial charge >= 0.3 is 0 Å². The average molecular weight is 230 g/mol. The molecule has 16 heavy (non-hydrogen) atoms. The number of aliphatic hydroxyl groups excluding tert-OH is 1. The van der Waals surface area contributed by atoms with Crippen LogP contribution in [-0.2, 0) is 9.53 Å². The van der Waals surface area contributed by atoms with E-state index in [1.165, 1.54) is 0 Å². The van der Waals surface area contributed by atoms with Crippen LogP contribution in [0.3, 0.4) is 0 Å². The molecule has 0 aromatic heterocycles. The van der Waals surface area contributed by atoms with Crippen LogP contribution in [0, 0.1) is 0 Å². The fourth-order valence-corrected chi connectivity index (χ4v) is 1.67. The standard InChI is InChI=1S/C11H22N2O3/c1-9(14)3-2-4-13-11(15)7-10-8-16-6-5-12-10/h9-10,12,14H,2-8H2,1H3,(H,13,15). The monoisotopic (exact) mass is 230 g/mol. The largest absolute Gasteiger partial charge is 0.393 e. The molecular formula is C11H22N2O3. The van der Waals surface area contributed by atoms with Gasteiger partial charge in [0.15, 0.2) is 0 Å². The van der Waals surface area contributed by atoms with Gasteiger partial charge < -0.3 is 20.5 Å². The van der Waals surface area contributed by atoms with E-state index in [0.717, 1.165) is 26.0 Å². The zero-order valence-electron chi connectivity index (χ0n) is 9.87. The fraction of sp³-hybridized carbons (Fsp3) is 0.909. The zero-order chi connectivity index (χ0) is 11.8. The first-order valence-corrected chi connectivity index (χ1v) is 5.94. The number of ether oxygens (including phenoxy) is 1. The Morgan fingerprint density at radius 3 is 3.12 bits per heavy atom. The summed E-state index contributed by atoms with van der Waals surface area (Å²) in [4.78, 5) is 11.5. The zero-order valence-corrected chi connectivity index (χ0v) is 9.87. The minimum absolute atomic E-state index is 0.0496. The predicted octanol–water partition coefficient (Wildman–Crippen LogP) is -0.358. The van der Waals surface area contributed by atoms with Gasteiger partial charge in [0.2, 0.25) is 5.91 Å². The maximum Gasteiger partial charge on any atom is 0.221 e. The van der Waals surface area contributed by atoms with Crippen LogP contribution in [0.2, 0.25) is 0 Å². The number of carbonyl (C=O) groups is 1. The third kappa shape index (κ3) is 6.05. The van der Waals surface area contributed by atoms with Gasteiger partial charge in [-0.15, -0.1) is 0 Å². The van der Waals surface area contributed by atoms with E-state index < -0.39 is 0 Å². The molecule has 3 N–H and O–H groups in total. The molecule has 2 atom stereocenters. The van der Waals surface area contributed by atoms with Crippen LogP contribution < -0.4 is 10.6 Å². The van der Waals surface area contributed by atoms with E-state index in [0.29, 0.717) is 19.6 Å². The molecule has 0 radical (unpaired) electrons. The molecule has 0 aromatic carbocycles. The summed E-state index contributed by atoms with van der Waals surface area (Å²) in [5.41, 5.74) is 0. The normalized spacial score (nSPS) is 22.8. The first-order chi connectivity index (χ1) is 7.68. The van der Waals surface area contributed by atoms with E-state index in [1.54, 1.807) is 6.92 Å². The molecule has 1 aliphatic rings. The van der Waals surface area contributed by atoms with Crippen molar-refractivity contribution in [3.63, 3.8) is 0 Å². The minimum atomic E-state index is -0.287. The number of aliphatic hydroxyl groups is 1. The van der Waals surface area contributed by atoms with Gasteiger partial charge in [-0.25, -0.2) is 0 Å². The van der Waals surface area contributed by atoms with E-state index in [9.17, 15) is 4.79 Å². The van der Waals surface area contributed by atoms with Crippen LogP contribution in [0.1, 0.15) is 26.2 Å². The van der Waals surface area contributed by atoms with Crippen LogP contribution in [0.4, 0.5) is 0 Å². The molecule has 1 saturated heterocycles. The fourth-order valence-electron chi connectivity index (χ4n) is 1.67. The summed E-state index contributed by atoms with van der Waals surface area (Å²) in [5.74, 6) is 0.0496. The topological polar surface area (TPSA) is 70.6 Å². The van der Waals surface area contributed by atoms with Gasteiger partial charge in [0.1, 0.15) is 0 Å². The van der Waals surface area contributed by atoms with Crippen molar-refractivity contribution in [3.8, 4) is 0 Å². The van der Waals surface area contributed by atoms with Gasteiger partial charge in [-0.1, -0.05) is 0 Å². The lowest BCUT2D eigenvalue weighted by molar-refractivity contribution is -0.122. The SMILES string of the molecule is CC(O)CCCNC(=O)CC1COCCN1. The molecule has 0 bridgehead atoms. The Morgan fingerprint density at radius 2 is 2.50 bits per heavy atom. The summed E-state index contributed by atoms with van der Waals surface area (Å²) in [7, 11) is 0. The highest BCUT2D eigenvalue weighted by Crippen LogP contribution is 1.99. The maximum atomic E-state index is 11.5. The van der Waals surface area contributed by atoms with E-state index in [4.69, 9.17) is 9.84 Å². The van der Waals surface area contributed by atoms with Crippen molar-refractivity contribution in [1.82, 2.24) is 10.6 Å². The lowest BCUT2D eigenvalue weighted by Gasteiger charge is -2.23. The number of hydrogen-bond donors (Lipinski definition) is 3. The van der Waals surface area contributed by atoms with Crippen LogP contribution in [-0.4, -0.2) is 49.5 Å². The van der Waals surface area contributed by atoms with Crippen LogP contribution >= 0.6 is 0 Å². The van der Waals surface area contributed by atoms with Gasteiger partial charge in [-0.05, 0) is 19.8 Å². The predicted molar refractivity (Wildman–Crippen MR) is 61.2 cm³/mol. The van der Waals surface area contributed by atoms with Crippen LogP contribution in [0.5, 0.6) is 0 Å². The highest BCUT2D eigenvalue weighted by Gasteiger charge is 2.16. The molecule has 5 heteroatoms. The number of carbonyl (C=O) groups excluding carboxylic acids is 1. The number of morpholine rings is 1. The lowest BCUT2D eigenvalue weighted by atomic mass is 10.2. The second kappa shape index (κ2) is 7.60. The first kappa shape index (κ1) is 13.4. The average Bonchev–Trinajstić information content (AvgIpc) is 2.25. The Morgan fingerprint density at radius 1 is 1.69 bits per heavy atom. The van der Waals surface area contributed by atoms with Gasteiger partial charge in [-0.2, -0.15) is 0 Å². The van der Waals surface area contributed by atoms with E-state index in [2.05, 4.69) is 10.6 Å². The number of amides is 1. The van der Waals surface area contributed by atoms with Crippen LogP contribution in [0.15, 0.2) is 0 Å². The first-order valence-electron chi connectivity index (χ1n) is 5.94. The highest BCUT2D eigenvalue weighted by molar-refractivity contribution is 5.76. The quantitative estimate of drug-likeness (QED) is 0.545. The molecule has 94 valence electrons. The highest BCUT2D eigenvalue weighted by atomic mass is 16.5. The Labute approximate surface area is 96.6 Å². The summed E-state index contributed by atoms with van der Waals surface area (Å²) in [6.45, 7) is 4.55. The molecule has 2 unspecified atom stereocenters. The van der Waals surface area contributed by atoms with Crippen molar-refractivity contribution in [3.05, 3.63) is 0 Å². The Bertz CT molecular complexity index is 203. The van der Waals surface area contributed by atoms with Crippen molar-refractivity contribution in [2.24, 2.45) is 0 Å². The van der Waals surface area contributed by atoms with Crippen LogP contribution in [0.25, 0.3) is 0 Å². The molecule has 1 heterocycles. The Hall–Kier alpha value is -0.650. The molecule has 1 rings (SSSR count). The summed E-state index contributed by atoms with van der Waals surface area (Å²) in [6, 6.07) is 0.144. The molecule has 1 fully saturated rings. The van der Waals surface area contributed by atoms with Gasteiger partial charge in [0.25, 0.3) is 0 Å². The van der Waals surface area contributed by atoms with Gasteiger partial charge in [0.05, 0.1) is 19.3 Å². The molecule has 0 spiro atoms. The molecule has 1 aliphatic heterocycles. The third-order valence-corrected chi connectivity index (χ3v) is 2.55. The minimum Gasteiger partial charge on any atom is -0.393 e. The van der Waals surface area contributed by atoms with Crippen molar-refractivity contribution in [2.45, 2.75) is 38.3 Å². The smallest absolute Gasteiger partial charge is 0.221 e. The number of hydrogen-bond acceptors (Lipinski definition) is 4. The molecule has 1 amide bonds. The molecular weight excluding hydrogens is 208 g/mol. The second-order valence-electron chi connectivity index (χ2n) is 4.27.